The zero-order chi connectivity index (χ0) is 16.0. The second-order valence-electron chi connectivity index (χ2n) is 6.57. The van der Waals surface area contributed by atoms with E-state index in [4.69, 9.17) is 10.5 Å². The number of aryl methyl sites for hydroxylation is 1. The second kappa shape index (κ2) is 8.43. The molecule has 0 radical (unpaired) electrons. The molecule has 1 atom stereocenters. The molecule has 0 spiro atoms. The van der Waals surface area contributed by atoms with Crippen molar-refractivity contribution in [3.8, 4) is 5.75 Å². The van der Waals surface area contributed by atoms with Crippen molar-refractivity contribution in [3.05, 3.63) is 28.3 Å². The molecule has 120 valence electrons. The van der Waals surface area contributed by atoms with Crippen LogP contribution in [0.2, 0.25) is 0 Å². The van der Waals surface area contributed by atoms with Crippen molar-refractivity contribution >= 4 is 0 Å². The van der Waals surface area contributed by atoms with Crippen LogP contribution in [0, 0.1) is 26.7 Å². The SMILES string of the molecule is CCCOc1cc(C)c(CCCC(N)C(C)C)c(C)c1C. The van der Waals surface area contributed by atoms with Gasteiger partial charge in [-0.05, 0) is 80.7 Å². The molecular weight excluding hydrogens is 258 g/mol. The minimum atomic E-state index is 0.318. The van der Waals surface area contributed by atoms with E-state index in [2.05, 4.69) is 47.6 Å². The molecule has 0 amide bonds. The number of rotatable bonds is 8. The van der Waals surface area contributed by atoms with Crippen LogP contribution in [0.15, 0.2) is 6.07 Å². The molecule has 0 heterocycles. The molecular formula is C19H33NO. The molecule has 0 fully saturated rings. The molecule has 0 aliphatic heterocycles. The Bertz CT molecular complexity index is 451. The summed E-state index contributed by atoms with van der Waals surface area (Å²) >= 11 is 0. The van der Waals surface area contributed by atoms with Gasteiger partial charge in [-0.2, -0.15) is 0 Å². The van der Waals surface area contributed by atoms with Crippen LogP contribution in [0.1, 0.15) is 62.3 Å². The molecule has 0 saturated carbocycles. The van der Waals surface area contributed by atoms with E-state index < -0.39 is 0 Å². The van der Waals surface area contributed by atoms with Crippen LogP contribution in [0.4, 0.5) is 0 Å². The highest BCUT2D eigenvalue weighted by molar-refractivity contribution is 5.48. The largest absolute Gasteiger partial charge is 0.493 e. The number of hydrogen-bond donors (Lipinski definition) is 1. The van der Waals surface area contributed by atoms with Gasteiger partial charge in [0.25, 0.3) is 0 Å². The zero-order valence-electron chi connectivity index (χ0n) is 14.8. The van der Waals surface area contributed by atoms with E-state index in [1.807, 2.05) is 0 Å². The summed E-state index contributed by atoms with van der Waals surface area (Å²) in [6, 6.07) is 2.52. The average molecular weight is 291 g/mol. The molecule has 21 heavy (non-hydrogen) atoms. The Morgan fingerprint density at radius 2 is 1.81 bits per heavy atom. The first-order valence-electron chi connectivity index (χ1n) is 8.36. The van der Waals surface area contributed by atoms with Gasteiger partial charge in [0.05, 0.1) is 6.61 Å². The van der Waals surface area contributed by atoms with Gasteiger partial charge in [-0.3, -0.25) is 0 Å². The lowest BCUT2D eigenvalue weighted by Gasteiger charge is -2.19. The van der Waals surface area contributed by atoms with Gasteiger partial charge < -0.3 is 10.5 Å². The smallest absolute Gasteiger partial charge is 0.122 e. The Labute approximate surface area is 131 Å². The molecule has 0 aliphatic rings. The van der Waals surface area contributed by atoms with E-state index >= 15 is 0 Å². The fourth-order valence-corrected chi connectivity index (χ4v) is 2.69. The summed E-state index contributed by atoms with van der Waals surface area (Å²) in [4.78, 5) is 0. The molecule has 0 bridgehead atoms. The molecule has 2 N–H and O–H groups in total. The lowest BCUT2D eigenvalue weighted by Crippen LogP contribution is -2.26. The summed E-state index contributed by atoms with van der Waals surface area (Å²) in [6.45, 7) is 13.9. The summed E-state index contributed by atoms with van der Waals surface area (Å²) in [7, 11) is 0. The van der Waals surface area contributed by atoms with Gasteiger partial charge in [-0.25, -0.2) is 0 Å². The van der Waals surface area contributed by atoms with Gasteiger partial charge >= 0.3 is 0 Å². The van der Waals surface area contributed by atoms with Gasteiger partial charge in [0.2, 0.25) is 0 Å². The standard InChI is InChI=1S/C19H33NO/c1-7-11-21-19-12-14(4)17(15(5)16(19)6)9-8-10-18(20)13(2)3/h12-13,18H,7-11,20H2,1-6H3. The highest BCUT2D eigenvalue weighted by Gasteiger charge is 2.12. The monoisotopic (exact) mass is 291 g/mol. The summed E-state index contributed by atoms with van der Waals surface area (Å²) in [5.41, 5.74) is 11.7. The van der Waals surface area contributed by atoms with Crippen molar-refractivity contribution in [2.75, 3.05) is 6.61 Å². The Balaban J connectivity index is 2.77. The fraction of sp³-hybridized carbons (Fsp3) is 0.684. The highest BCUT2D eigenvalue weighted by Crippen LogP contribution is 2.29. The van der Waals surface area contributed by atoms with E-state index in [9.17, 15) is 0 Å². The third-order valence-corrected chi connectivity index (χ3v) is 4.49. The molecule has 2 heteroatoms. The lowest BCUT2D eigenvalue weighted by atomic mass is 9.91. The molecule has 0 aromatic heterocycles. The second-order valence-corrected chi connectivity index (χ2v) is 6.57. The molecule has 1 unspecified atom stereocenters. The van der Waals surface area contributed by atoms with E-state index in [0.717, 1.165) is 38.0 Å². The van der Waals surface area contributed by atoms with Crippen molar-refractivity contribution in [3.63, 3.8) is 0 Å². The van der Waals surface area contributed by atoms with E-state index in [-0.39, 0.29) is 0 Å². The van der Waals surface area contributed by atoms with Crippen molar-refractivity contribution in [2.45, 2.75) is 73.3 Å². The maximum absolute atomic E-state index is 6.15. The molecule has 1 rings (SSSR count). The Morgan fingerprint density at radius 3 is 2.38 bits per heavy atom. The van der Waals surface area contributed by atoms with Crippen molar-refractivity contribution in [2.24, 2.45) is 11.7 Å². The first kappa shape index (κ1) is 18.0. The quantitative estimate of drug-likeness (QED) is 0.753. The van der Waals surface area contributed by atoms with Gasteiger partial charge in [0, 0.05) is 6.04 Å². The molecule has 1 aromatic rings. The van der Waals surface area contributed by atoms with Crippen LogP contribution in [0.25, 0.3) is 0 Å². The van der Waals surface area contributed by atoms with Crippen molar-refractivity contribution in [1.82, 2.24) is 0 Å². The number of nitrogens with two attached hydrogens (primary N) is 1. The topological polar surface area (TPSA) is 35.2 Å². The van der Waals surface area contributed by atoms with Gasteiger partial charge in [-0.1, -0.05) is 20.8 Å². The van der Waals surface area contributed by atoms with Crippen LogP contribution >= 0.6 is 0 Å². The Kier molecular flexibility index (Phi) is 7.24. The zero-order valence-corrected chi connectivity index (χ0v) is 14.8. The maximum Gasteiger partial charge on any atom is 0.122 e. The summed E-state index contributed by atoms with van der Waals surface area (Å²) in [5.74, 6) is 1.62. The summed E-state index contributed by atoms with van der Waals surface area (Å²) in [5, 5.41) is 0. The van der Waals surface area contributed by atoms with E-state index in [1.165, 1.54) is 22.3 Å². The minimum absolute atomic E-state index is 0.318. The van der Waals surface area contributed by atoms with Crippen LogP contribution in [0.3, 0.4) is 0 Å². The normalized spacial score (nSPS) is 12.8. The number of hydrogen-bond acceptors (Lipinski definition) is 2. The third-order valence-electron chi connectivity index (χ3n) is 4.49. The molecule has 2 nitrogen and oxygen atoms in total. The van der Waals surface area contributed by atoms with Gasteiger partial charge in [0.1, 0.15) is 5.75 Å². The molecule has 1 aromatic carbocycles. The van der Waals surface area contributed by atoms with Crippen LogP contribution in [0.5, 0.6) is 5.75 Å². The number of ether oxygens (including phenoxy) is 1. The first-order valence-corrected chi connectivity index (χ1v) is 8.36. The maximum atomic E-state index is 6.15. The van der Waals surface area contributed by atoms with Gasteiger partial charge in [0.15, 0.2) is 0 Å². The van der Waals surface area contributed by atoms with Crippen LogP contribution in [-0.2, 0) is 6.42 Å². The Hall–Kier alpha value is -1.02. The van der Waals surface area contributed by atoms with E-state index in [0.29, 0.717) is 12.0 Å². The molecule has 0 aliphatic carbocycles. The Morgan fingerprint density at radius 1 is 1.14 bits per heavy atom. The van der Waals surface area contributed by atoms with Crippen LogP contribution < -0.4 is 10.5 Å². The fourth-order valence-electron chi connectivity index (χ4n) is 2.69. The predicted octanol–water partition coefficient (Wildman–Crippen LogP) is 4.71. The lowest BCUT2D eigenvalue weighted by molar-refractivity contribution is 0.314. The summed E-state index contributed by atoms with van der Waals surface area (Å²) < 4.78 is 5.86. The van der Waals surface area contributed by atoms with Gasteiger partial charge in [-0.15, -0.1) is 0 Å². The van der Waals surface area contributed by atoms with Crippen molar-refractivity contribution in [1.29, 1.82) is 0 Å². The highest BCUT2D eigenvalue weighted by atomic mass is 16.5. The molecule has 0 saturated heterocycles. The average Bonchev–Trinajstić information content (AvgIpc) is 2.44. The minimum Gasteiger partial charge on any atom is -0.493 e. The number of benzene rings is 1. The van der Waals surface area contributed by atoms with Crippen LogP contribution in [-0.4, -0.2) is 12.6 Å². The first-order chi connectivity index (χ1) is 9.88. The van der Waals surface area contributed by atoms with E-state index in [1.54, 1.807) is 0 Å². The summed E-state index contributed by atoms with van der Waals surface area (Å²) in [6.07, 6.45) is 4.43. The third kappa shape index (κ3) is 5.03. The predicted molar refractivity (Wildman–Crippen MR) is 92.2 cm³/mol. The van der Waals surface area contributed by atoms with Crippen molar-refractivity contribution < 1.29 is 4.74 Å².